The van der Waals surface area contributed by atoms with Gasteiger partial charge < -0.3 is 5.73 Å². The van der Waals surface area contributed by atoms with E-state index in [0.717, 1.165) is 16.6 Å². The van der Waals surface area contributed by atoms with Crippen molar-refractivity contribution in [3.63, 3.8) is 0 Å². The van der Waals surface area contributed by atoms with Gasteiger partial charge in [0, 0.05) is 13.4 Å². The monoisotopic (exact) mass is 500 g/mol. The maximum Gasteiger partial charge on any atom is 0.263 e. The molecule has 0 radical (unpaired) electrons. The Morgan fingerprint density at radius 2 is 1.71 bits per heavy atom. The highest BCUT2D eigenvalue weighted by Gasteiger charge is 2.21. The molecule has 0 atom stereocenters. The van der Waals surface area contributed by atoms with Crippen molar-refractivity contribution < 1.29 is 12.8 Å². The molecule has 3 N–H and O–H groups in total. The van der Waals surface area contributed by atoms with Crippen LogP contribution in [0.15, 0.2) is 48.6 Å². The van der Waals surface area contributed by atoms with Crippen molar-refractivity contribution in [2.45, 2.75) is 4.90 Å². The van der Waals surface area contributed by atoms with Gasteiger partial charge in [0.25, 0.3) is 10.0 Å². The number of hydrogen-bond acceptors (Lipinski definition) is 3. The lowest BCUT2D eigenvalue weighted by Crippen LogP contribution is -2.14. The van der Waals surface area contributed by atoms with Crippen LogP contribution in [0.1, 0.15) is 0 Å². The quantitative estimate of drug-likeness (QED) is 0.607. The van der Waals surface area contributed by atoms with E-state index in [0.29, 0.717) is 10.2 Å². The van der Waals surface area contributed by atoms with Crippen molar-refractivity contribution >= 4 is 69.2 Å². The topological polar surface area (TPSA) is 72.2 Å². The van der Waals surface area contributed by atoms with Crippen LogP contribution in [0.4, 0.5) is 15.8 Å². The van der Waals surface area contributed by atoms with E-state index >= 15 is 0 Å². The number of nitrogens with one attached hydrogen (secondary N) is 1. The molecule has 0 unspecified atom stereocenters. The number of sulfonamides is 1. The molecule has 4 nitrogen and oxygen atoms in total. The highest BCUT2D eigenvalue weighted by Crippen LogP contribution is 2.31. The summed E-state index contributed by atoms with van der Waals surface area (Å²) >= 11 is 9.57. The fourth-order valence-electron chi connectivity index (χ4n) is 1.52. The first-order valence-electron chi connectivity index (χ1n) is 5.43. The molecule has 2 aromatic rings. The normalized spacial score (nSPS) is 11.4. The smallest absolute Gasteiger partial charge is 0.263 e. The summed E-state index contributed by atoms with van der Waals surface area (Å²) in [6, 6.07) is 7.06. The van der Waals surface area contributed by atoms with Gasteiger partial charge in [-0.3, -0.25) is 4.72 Å². The second-order valence-electron chi connectivity index (χ2n) is 4.03. The van der Waals surface area contributed by atoms with Crippen molar-refractivity contribution in [3.8, 4) is 0 Å². The first kappa shape index (κ1) is 16.7. The van der Waals surface area contributed by atoms with Crippen LogP contribution in [-0.4, -0.2) is 8.42 Å². The van der Waals surface area contributed by atoms with Crippen molar-refractivity contribution in [1.82, 2.24) is 0 Å². The fraction of sp³-hybridized carbons (Fsp3) is 0. The molecule has 0 amide bonds. The van der Waals surface area contributed by atoms with Crippen LogP contribution in [0.25, 0.3) is 0 Å². The van der Waals surface area contributed by atoms with Crippen LogP contribution < -0.4 is 10.5 Å². The summed E-state index contributed by atoms with van der Waals surface area (Å²) in [6.07, 6.45) is 0. The zero-order valence-electron chi connectivity index (χ0n) is 10.2. The maximum atomic E-state index is 13.3. The molecular formula is C12H8Br3FN2O2S. The van der Waals surface area contributed by atoms with E-state index < -0.39 is 15.8 Å². The Kier molecular flexibility index (Phi) is 4.96. The molecule has 2 aromatic carbocycles. The van der Waals surface area contributed by atoms with Gasteiger partial charge in [-0.25, -0.2) is 12.8 Å². The number of hydrogen-bond donors (Lipinski definition) is 2. The van der Waals surface area contributed by atoms with Crippen molar-refractivity contribution in [3.05, 3.63) is 49.6 Å². The third-order valence-electron chi connectivity index (χ3n) is 2.52. The van der Waals surface area contributed by atoms with E-state index in [4.69, 9.17) is 5.73 Å². The maximum absolute atomic E-state index is 13.3. The molecule has 0 heterocycles. The highest BCUT2D eigenvalue weighted by molar-refractivity contribution is 9.11. The molecule has 0 saturated carbocycles. The molecule has 0 saturated heterocycles. The van der Waals surface area contributed by atoms with Gasteiger partial charge in [-0.05, 0) is 62.2 Å². The molecule has 0 aromatic heterocycles. The number of anilines is 2. The van der Waals surface area contributed by atoms with E-state index in [-0.39, 0.29) is 15.1 Å². The summed E-state index contributed by atoms with van der Waals surface area (Å²) in [7, 11) is -3.91. The Balaban J connectivity index is 2.46. The van der Waals surface area contributed by atoms with E-state index in [9.17, 15) is 12.8 Å². The minimum atomic E-state index is -3.91. The standard InChI is InChI=1S/C12H8Br3FN2O2S/c13-6-1-2-11(7(14)3-6)18-21(19,20)12-5-10(17)9(16)4-8(12)15/h1-5,18H,17H2. The number of halogens is 4. The minimum Gasteiger partial charge on any atom is -0.396 e. The molecule has 2 rings (SSSR count). The largest absolute Gasteiger partial charge is 0.396 e. The molecule has 21 heavy (non-hydrogen) atoms. The van der Waals surface area contributed by atoms with Gasteiger partial charge in [0.05, 0.1) is 11.4 Å². The predicted molar refractivity (Wildman–Crippen MR) is 91.2 cm³/mol. The summed E-state index contributed by atoms with van der Waals surface area (Å²) in [4.78, 5) is -0.142. The average Bonchev–Trinajstić information content (AvgIpc) is 2.37. The van der Waals surface area contributed by atoms with Crippen LogP contribution in [-0.2, 0) is 10.0 Å². The van der Waals surface area contributed by atoms with Crippen LogP contribution in [0.2, 0.25) is 0 Å². The Morgan fingerprint density at radius 1 is 1.05 bits per heavy atom. The Bertz CT molecular complexity index is 812. The van der Waals surface area contributed by atoms with Crippen molar-refractivity contribution in [2.24, 2.45) is 0 Å². The van der Waals surface area contributed by atoms with Gasteiger partial charge in [-0.1, -0.05) is 15.9 Å². The second kappa shape index (κ2) is 6.23. The van der Waals surface area contributed by atoms with Gasteiger partial charge in [-0.15, -0.1) is 0 Å². The van der Waals surface area contributed by atoms with E-state index in [1.54, 1.807) is 18.2 Å². The van der Waals surface area contributed by atoms with Crippen LogP contribution >= 0.6 is 47.8 Å². The van der Waals surface area contributed by atoms with Crippen molar-refractivity contribution in [1.29, 1.82) is 0 Å². The first-order valence-corrected chi connectivity index (χ1v) is 9.29. The van der Waals surface area contributed by atoms with E-state index in [1.807, 2.05) is 0 Å². The summed E-state index contributed by atoms with van der Waals surface area (Å²) in [5.41, 5.74) is 5.54. The molecule has 0 aliphatic carbocycles. The Morgan fingerprint density at radius 3 is 2.33 bits per heavy atom. The lowest BCUT2D eigenvalue weighted by atomic mass is 10.3. The summed E-state index contributed by atoms with van der Waals surface area (Å²) < 4.78 is 41.9. The molecule has 9 heteroatoms. The summed E-state index contributed by atoms with van der Waals surface area (Å²) in [6.45, 7) is 0. The van der Waals surface area contributed by atoms with Crippen LogP contribution in [0.5, 0.6) is 0 Å². The molecule has 112 valence electrons. The number of benzene rings is 2. The van der Waals surface area contributed by atoms with Gasteiger partial charge in [-0.2, -0.15) is 0 Å². The van der Waals surface area contributed by atoms with E-state index in [1.165, 1.54) is 0 Å². The van der Waals surface area contributed by atoms with Gasteiger partial charge in [0.2, 0.25) is 0 Å². The van der Waals surface area contributed by atoms with E-state index in [2.05, 4.69) is 52.5 Å². The van der Waals surface area contributed by atoms with Gasteiger partial charge in [0.1, 0.15) is 10.7 Å². The lowest BCUT2D eigenvalue weighted by Gasteiger charge is -2.12. The zero-order valence-corrected chi connectivity index (χ0v) is 15.8. The number of nitrogens with two attached hydrogens (primary N) is 1. The Hall–Kier alpha value is -0.640. The molecule has 0 fully saturated rings. The molecular weight excluding hydrogens is 495 g/mol. The molecule has 0 bridgehead atoms. The first-order chi connectivity index (χ1) is 9.70. The SMILES string of the molecule is Nc1cc(S(=O)(=O)Nc2ccc(Br)cc2Br)c(Br)cc1F. The average molecular weight is 503 g/mol. The zero-order chi connectivity index (χ0) is 15.8. The minimum absolute atomic E-state index is 0.0925. The highest BCUT2D eigenvalue weighted by atomic mass is 79.9. The third kappa shape index (κ3) is 3.77. The third-order valence-corrected chi connectivity index (χ3v) is 5.99. The summed E-state index contributed by atoms with van der Waals surface area (Å²) in [5, 5.41) is 0. The van der Waals surface area contributed by atoms with Crippen LogP contribution in [0.3, 0.4) is 0 Å². The molecule has 0 aliphatic heterocycles. The van der Waals surface area contributed by atoms with Crippen molar-refractivity contribution in [2.75, 3.05) is 10.5 Å². The predicted octanol–water partition coefficient (Wildman–Crippen LogP) is 4.50. The fourth-order valence-corrected chi connectivity index (χ4v) is 4.93. The van der Waals surface area contributed by atoms with Gasteiger partial charge in [0.15, 0.2) is 0 Å². The number of rotatable bonds is 3. The summed E-state index contributed by atoms with van der Waals surface area (Å²) in [5.74, 6) is -0.689. The van der Waals surface area contributed by atoms with Gasteiger partial charge >= 0.3 is 0 Å². The second-order valence-corrected chi connectivity index (χ2v) is 8.31. The lowest BCUT2D eigenvalue weighted by molar-refractivity contribution is 0.599. The molecule has 0 spiro atoms. The Labute approximate surface area is 146 Å². The number of nitrogen functional groups attached to an aromatic ring is 1. The molecule has 0 aliphatic rings. The van der Waals surface area contributed by atoms with Crippen LogP contribution in [0, 0.1) is 5.82 Å².